The number of aromatic nitrogens is 6. The third-order valence-corrected chi connectivity index (χ3v) is 5.94. The number of nitrogens with zero attached hydrogens (tertiary/aromatic N) is 8. The highest BCUT2D eigenvalue weighted by molar-refractivity contribution is 5.86. The number of hydrogen-bond donors (Lipinski definition) is 0. The molecule has 2 atom stereocenters. The van der Waals surface area contributed by atoms with Crippen molar-refractivity contribution in [2.24, 2.45) is 18.9 Å². The summed E-state index contributed by atoms with van der Waals surface area (Å²) >= 11 is 0. The molecule has 0 amide bonds. The van der Waals surface area contributed by atoms with Gasteiger partial charge in [-0.2, -0.15) is 5.10 Å². The minimum Gasteiger partial charge on any atom is -0.356 e. The van der Waals surface area contributed by atoms with Gasteiger partial charge in [0.15, 0.2) is 5.65 Å². The van der Waals surface area contributed by atoms with Crippen LogP contribution in [0, 0.1) is 11.8 Å². The quantitative estimate of drug-likeness (QED) is 0.675. The van der Waals surface area contributed by atoms with E-state index in [0.717, 1.165) is 54.5 Å². The Kier molecular flexibility index (Phi) is 3.79. The van der Waals surface area contributed by atoms with Crippen molar-refractivity contribution in [3.8, 4) is 0 Å². The zero-order valence-electron chi connectivity index (χ0n) is 16.9. The van der Waals surface area contributed by atoms with Crippen LogP contribution in [0.3, 0.4) is 0 Å². The molecule has 0 radical (unpaired) electrons. The maximum Gasteiger partial charge on any atom is 0.186 e. The number of aryl methyl sites for hydroxylation is 1. The van der Waals surface area contributed by atoms with Gasteiger partial charge in [-0.05, 0) is 0 Å². The molecule has 0 N–H and O–H groups in total. The van der Waals surface area contributed by atoms with E-state index in [4.69, 9.17) is 0 Å². The molecule has 0 aliphatic carbocycles. The Bertz CT molecular complexity index is 1010. The summed E-state index contributed by atoms with van der Waals surface area (Å²) in [5.74, 6) is 3.30. The lowest BCUT2D eigenvalue weighted by atomic mass is 9.92. The molecule has 3 aromatic heterocycles. The summed E-state index contributed by atoms with van der Waals surface area (Å²) in [5.41, 5.74) is 1.89. The van der Waals surface area contributed by atoms with Gasteiger partial charge in [-0.3, -0.25) is 4.68 Å². The molecule has 5 rings (SSSR count). The van der Waals surface area contributed by atoms with Crippen LogP contribution in [0.4, 0.5) is 11.6 Å². The molecule has 8 nitrogen and oxygen atoms in total. The van der Waals surface area contributed by atoms with Gasteiger partial charge in [-0.25, -0.2) is 19.9 Å². The Hall–Kier alpha value is -2.77. The van der Waals surface area contributed by atoms with Gasteiger partial charge < -0.3 is 9.80 Å². The second-order valence-electron chi connectivity index (χ2n) is 9.08. The molecule has 2 fully saturated rings. The smallest absolute Gasteiger partial charge is 0.186 e. The first-order chi connectivity index (χ1) is 13.4. The lowest BCUT2D eigenvalue weighted by Crippen LogP contribution is -2.30. The number of rotatable bonds is 2. The molecule has 2 saturated heterocycles. The van der Waals surface area contributed by atoms with E-state index in [1.807, 2.05) is 17.9 Å². The van der Waals surface area contributed by atoms with Crippen LogP contribution in [-0.2, 0) is 12.5 Å². The zero-order valence-corrected chi connectivity index (χ0v) is 16.9. The Morgan fingerprint density at radius 2 is 1.57 bits per heavy atom. The minimum absolute atomic E-state index is 0.0339. The minimum atomic E-state index is 0.0339. The number of hydrogen-bond acceptors (Lipinski definition) is 7. The van der Waals surface area contributed by atoms with Crippen molar-refractivity contribution in [3.05, 3.63) is 30.6 Å². The molecule has 146 valence electrons. The molecule has 2 aliphatic rings. The van der Waals surface area contributed by atoms with Crippen LogP contribution < -0.4 is 9.80 Å². The molecule has 8 heteroatoms. The summed E-state index contributed by atoms with van der Waals surface area (Å²) in [6.45, 7) is 10.7. The third-order valence-electron chi connectivity index (χ3n) is 5.94. The average molecular weight is 378 g/mol. The van der Waals surface area contributed by atoms with Gasteiger partial charge in [0, 0.05) is 62.7 Å². The molecule has 28 heavy (non-hydrogen) atoms. The maximum atomic E-state index is 4.57. The van der Waals surface area contributed by atoms with Gasteiger partial charge in [0.1, 0.15) is 24.3 Å². The Labute approximate surface area is 164 Å². The van der Waals surface area contributed by atoms with Crippen molar-refractivity contribution >= 4 is 22.7 Å². The highest BCUT2D eigenvalue weighted by Gasteiger charge is 2.41. The first kappa shape index (κ1) is 17.3. The fourth-order valence-electron chi connectivity index (χ4n) is 4.47. The van der Waals surface area contributed by atoms with E-state index in [9.17, 15) is 0 Å². The van der Waals surface area contributed by atoms with Gasteiger partial charge in [0.25, 0.3) is 0 Å². The molecule has 2 aliphatic heterocycles. The van der Waals surface area contributed by atoms with Gasteiger partial charge >= 0.3 is 0 Å². The van der Waals surface area contributed by atoms with Gasteiger partial charge in [0.05, 0.1) is 11.1 Å². The topological polar surface area (TPSA) is 75.9 Å². The molecule has 5 heterocycles. The van der Waals surface area contributed by atoms with Crippen molar-refractivity contribution in [1.29, 1.82) is 0 Å². The van der Waals surface area contributed by atoms with Crippen LogP contribution >= 0.6 is 0 Å². The van der Waals surface area contributed by atoms with E-state index in [1.54, 1.807) is 12.7 Å². The maximum absolute atomic E-state index is 4.57. The highest BCUT2D eigenvalue weighted by atomic mass is 15.3. The van der Waals surface area contributed by atoms with E-state index in [1.165, 1.54) is 0 Å². The fraction of sp³-hybridized carbons (Fsp3) is 0.550. The Balaban J connectivity index is 1.34. The van der Waals surface area contributed by atoms with Crippen molar-refractivity contribution < 1.29 is 0 Å². The predicted molar refractivity (Wildman–Crippen MR) is 108 cm³/mol. The number of anilines is 2. The normalized spacial score (nSPS) is 22.3. The van der Waals surface area contributed by atoms with Crippen molar-refractivity contribution in [2.75, 3.05) is 36.0 Å². The van der Waals surface area contributed by atoms with E-state index >= 15 is 0 Å². The molecular weight excluding hydrogens is 352 g/mol. The lowest BCUT2D eigenvalue weighted by molar-refractivity contribution is 0.533. The number of fused-ring (bicyclic) bond motifs is 2. The van der Waals surface area contributed by atoms with Crippen LogP contribution in [0.1, 0.15) is 26.5 Å². The monoisotopic (exact) mass is 378 g/mol. The van der Waals surface area contributed by atoms with Gasteiger partial charge in [-0.15, -0.1) is 0 Å². The highest BCUT2D eigenvalue weighted by Crippen LogP contribution is 2.37. The van der Waals surface area contributed by atoms with E-state index < -0.39 is 0 Å². The van der Waals surface area contributed by atoms with E-state index in [2.05, 4.69) is 61.7 Å². The average Bonchev–Trinajstić information content (AvgIpc) is 3.32. The molecular formula is C20H26N8. The third kappa shape index (κ3) is 2.87. The van der Waals surface area contributed by atoms with Crippen molar-refractivity contribution in [1.82, 2.24) is 29.7 Å². The SMILES string of the molecule is Cn1cc2c(N3CC4CN(c5cc(C(C)(C)C)ncn5)CC4C3)ncnc2n1. The predicted octanol–water partition coefficient (Wildman–Crippen LogP) is 2.02. The second kappa shape index (κ2) is 6.12. The lowest BCUT2D eigenvalue weighted by Gasteiger charge is -2.24. The fourth-order valence-corrected chi connectivity index (χ4v) is 4.47. The first-order valence-corrected chi connectivity index (χ1v) is 9.85. The molecule has 0 aromatic carbocycles. The van der Waals surface area contributed by atoms with Crippen LogP contribution in [0.2, 0.25) is 0 Å². The van der Waals surface area contributed by atoms with Gasteiger partial charge in [-0.1, -0.05) is 20.8 Å². The summed E-state index contributed by atoms with van der Waals surface area (Å²) in [6.07, 6.45) is 5.34. The van der Waals surface area contributed by atoms with Crippen LogP contribution in [0.15, 0.2) is 24.9 Å². The summed E-state index contributed by atoms with van der Waals surface area (Å²) in [4.78, 5) is 22.7. The molecule has 2 unspecified atom stereocenters. The van der Waals surface area contributed by atoms with Crippen LogP contribution in [0.5, 0.6) is 0 Å². The van der Waals surface area contributed by atoms with Crippen LogP contribution in [-0.4, -0.2) is 55.9 Å². The summed E-state index contributed by atoms with van der Waals surface area (Å²) in [5, 5.41) is 5.45. The van der Waals surface area contributed by atoms with Crippen molar-refractivity contribution in [2.45, 2.75) is 26.2 Å². The second-order valence-corrected chi connectivity index (χ2v) is 9.08. The Morgan fingerprint density at radius 1 is 0.893 bits per heavy atom. The van der Waals surface area contributed by atoms with E-state index in [0.29, 0.717) is 11.8 Å². The molecule has 0 spiro atoms. The van der Waals surface area contributed by atoms with E-state index in [-0.39, 0.29) is 5.41 Å². The first-order valence-electron chi connectivity index (χ1n) is 9.85. The largest absolute Gasteiger partial charge is 0.356 e. The standard InChI is InChI=1S/C20H26N8/c1-20(2,3)16-5-17(22-11-21-16)27-6-13-8-28(9-14(13)7-27)19-15-10-26(4)25-18(15)23-12-24-19/h5,10-14H,6-9H2,1-4H3. The summed E-state index contributed by atoms with van der Waals surface area (Å²) < 4.78 is 1.81. The molecule has 3 aromatic rings. The molecule has 0 saturated carbocycles. The van der Waals surface area contributed by atoms with Gasteiger partial charge in [0.2, 0.25) is 0 Å². The van der Waals surface area contributed by atoms with Crippen LogP contribution in [0.25, 0.3) is 11.0 Å². The summed E-state index contributed by atoms with van der Waals surface area (Å²) in [7, 11) is 1.93. The Morgan fingerprint density at radius 3 is 2.29 bits per heavy atom. The zero-order chi connectivity index (χ0) is 19.5. The molecule has 0 bridgehead atoms. The van der Waals surface area contributed by atoms with Crippen molar-refractivity contribution in [3.63, 3.8) is 0 Å². The summed E-state index contributed by atoms with van der Waals surface area (Å²) in [6, 6.07) is 2.16.